The SMILES string of the molecule is CC(F)(F)c1ccc(NC2CCCc3c2ccc(CC(=O)OCCN2CCCC2)c3N)cc1. The predicted octanol–water partition coefficient (Wildman–Crippen LogP) is 5.05. The molecule has 2 aromatic carbocycles. The average Bonchev–Trinajstić information content (AvgIpc) is 3.29. The van der Waals surface area contributed by atoms with Crippen LogP contribution in [0.3, 0.4) is 0 Å². The molecule has 0 bridgehead atoms. The van der Waals surface area contributed by atoms with Gasteiger partial charge in [-0.2, -0.15) is 0 Å². The number of halogens is 2. The Labute approximate surface area is 194 Å². The van der Waals surface area contributed by atoms with Gasteiger partial charge in [-0.1, -0.05) is 24.3 Å². The van der Waals surface area contributed by atoms with E-state index >= 15 is 0 Å². The smallest absolute Gasteiger partial charge is 0.310 e. The normalized spacial score (nSPS) is 18.7. The third kappa shape index (κ3) is 5.82. The van der Waals surface area contributed by atoms with Gasteiger partial charge in [-0.05, 0) is 74.0 Å². The van der Waals surface area contributed by atoms with Gasteiger partial charge in [0.05, 0.1) is 12.5 Å². The van der Waals surface area contributed by atoms with Gasteiger partial charge in [0.25, 0.3) is 5.92 Å². The number of fused-ring (bicyclic) bond motifs is 1. The first-order valence-corrected chi connectivity index (χ1v) is 11.8. The molecule has 1 heterocycles. The maximum absolute atomic E-state index is 13.5. The van der Waals surface area contributed by atoms with E-state index in [2.05, 4.69) is 10.2 Å². The van der Waals surface area contributed by atoms with Crippen molar-refractivity contribution >= 4 is 17.3 Å². The number of ether oxygens (including phenoxy) is 1. The number of nitrogens with one attached hydrogen (secondary N) is 1. The molecule has 0 saturated carbocycles. The number of nitrogen functional groups attached to an aromatic ring is 1. The van der Waals surface area contributed by atoms with Crippen molar-refractivity contribution in [3.05, 3.63) is 58.7 Å². The highest BCUT2D eigenvalue weighted by Gasteiger charge is 2.26. The summed E-state index contributed by atoms with van der Waals surface area (Å²) in [6.07, 6.45) is 5.35. The maximum Gasteiger partial charge on any atom is 0.310 e. The molecule has 2 aromatic rings. The van der Waals surface area contributed by atoms with E-state index in [1.54, 1.807) is 12.1 Å². The zero-order valence-corrected chi connectivity index (χ0v) is 19.2. The van der Waals surface area contributed by atoms with E-state index in [1.807, 2.05) is 12.1 Å². The van der Waals surface area contributed by atoms with Crippen LogP contribution in [0.5, 0.6) is 0 Å². The minimum absolute atomic E-state index is 0.00158. The number of carbonyl (C=O) groups excluding carboxylic acids is 1. The maximum atomic E-state index is 13.5. The quantitative estimate of drug-likeness (QED) is 0.429. The molecule has 1 saturated heterocycles. The van der Waals surface area contributed by atoms with Crippen LogP contribution in [-0.2, 0) is 28.3 Å². The third-order valence-corrected chi connectivity index (χ3v) is 6.72. The molecule has 1 aliphatic heterocycles. The molecule has 0 radical (unpaired) electrons. The largest absolute Gasteiger partial charge is 0.464 e. The second kappa shape index (κ2) is 10.1. The van der Waals surface area contributed by atoms with Crippen molar-refractivity contribution < 1.29 is 18.3 Å². The minimum Gasteiger partial charge on any atom is -0.464 e. The van der Waals surface area contributed by atoms with E-state index in [9.17, 15) is 13.6 Å². The van der Waals surface area contributed by atoms with Crippen LogP contribution in [0.1, 0.15) is 60.9 Å². The Hall–Kier alpha value is -2.67. The fraction of sp³-hybridized carbons (Fsp3) is 0.500. The van der Waals surface area contributed by atoms with Crippen molar-refractivity contribution in [1.29, 1.82) is 0 Å². The van der Waals surface area contributed by atoms with Gasteiger partial charge in [0.2, 0.25) is 0 Å². The molecule has 0 aromatic heterocycles. The fourth-order valence-electron chi connectivity index (χ4n) is 4.84. The average molecular weight is 458 g/mol. The van der Waals surface area contributed by atoms with Crippen LogP contribution in [-0.4, -0.2) is 37.1 Å². The number of hydrogen-bond acceptors (Lipinski definition) is 5. The number of anilines is 2. The molecule has 2 aliphatic rings. The number of esters is 1. The number of carbonyl (C=O) groups is 1. The van der Waals surface area contributed by atoms with Gasteiger partial charge >= 0.3 is 5.97 Å². The Morgan fingerprint density at radius 2 is 1.88 bits per heavy atom. The molecule has 7 heteroatoms. The van der Waals surface area contributed by atoms with Crippen molar-refractivity contribution in [1.82, 2.24) is 4.90 Å². The summed E-state index contributed by atoms with van der Waals surface area (Å²) in [6, 6.07) is 10.3. The van der Waals surface area contributed by atoms with E-state index < -0.39 is 5.92 Å². The zero-order chi connectivity index (χ0) is 23.4. The van der Waals surface area contributed by atoms with Crippen LogP contribution in [0.4, 0.5) is 20.2 Å². The van der Waals surface area contributed by atoms with Crippen LogP contribution in [0, 0.1) is 0 Å². The summed E-state index contributed by atoms with van der Waals surface area (Å²) in [6.45, 7) is 4.27. The number of nitrogens with two attached hydrogens (primary N) is 1. The zero-order valence-electron chi connectivity index (χ0n) is 19.2. The number of benzene rings is 2. The summed E-state index contributed by atoms with van der Waals surface area (Å²) in [5.74, 6) is -3.10. The van der Waals surface area contributed by atoms with Gasteiger partial charge in [-0.15, -0.1) is 0 Å². The second-order valence-corrected chi connectivity index (χ2v) is 9.21. The molecule has 33 heavy (non-hydrogen) atoms. The number of likely N-dealkylation sites (tertiary alicyclic amines) is 1. The van der Waals surface area contributed by atoms with E-state index in [0.29, 0.717) is 12.3 Å². The van der Waals surface area contributed by atoms with Gasteiger partial charge in [0.15, 0.2) is 0 Å². The molecular weight excluding hydrogens is 424 g/mol. The van der Waals surface area contributed by atoms with Gasteiger partial charge in [-0.25, -0.2) is 8.78 Å². The lowest BCUT2D eigenvalue weighted by atomic mass is 9.84. The summed E-state index contributed by atoms with van der Waals surface area (Å²) in [7, 11) is 0. The molecule has 0 amide bonds. The highest BCUT2D eigenvalue weighted by molar-refractivity contribution is 5.76. The Bertz CT molecular complexity index is 967. The first kappa shape index (κ1) is 23.5. The first-order chi connectivity index (χ1) is 15.8. The van der Waals surface area contributed by atoms with Crippen molar-refractivity contribution in [2.75, 3.05) is 37.3 Å². The Balaban J connectivity index is 1.39. The molecular formula is C26H33F2N3O2. The van der Waals surface area contributed by atoms with Crippen molar-refractivity contribution in [2.24, 2.45) is 0 Å². The molecule has 1 atom stereocenters. The first-order valence-electron chi connectivity index (χ1n) is 11.8. The Kier molecular flexibility index (Phi) is 7.17. The fourth-order valence-corrected chi connectivity index (χ4v) is 4.84. The second-order valence-electron chi connectivity index (χ2n) is 9.21. The topological polar surface area (TPSA) is 67.6 Å². The van der Waals surface area contributed by atoms with E-state index in [0.717, 1.165) is 68.2 Å². The lowest BCUT2D eigenvalue weighted by molar-refractivity contribution is -0.143. The summed E-state index contributed by atoms with van der Waals surface area (Å²) < 4.78 is 32.4. The Morgan fingerprint density at radius 3 is 2.58 bits per heavy atom. The molecule has 4 rings (SSSR count). The minimum atomic E-state index is -2.85. The number of alkyl halides is 2. The standard InChI is InChI=1S/C26H33F2N3O2/c1-26(27,28)19-8-10-20(11-9-19)30-23-6-4-5-22-21(23)12-7-18(25(22)29)17-24(32)33-16-15-31-13-2-3-14-31/h7-12,23,30H,2-6,13-17,29H2,1H3. The van der Waals surface area contributed by atoms with Crippen LogP contribution in [0.25, 0.3) is 0 Å². The Morgan fingerprint density at radius 1 is 1.15 bits per heavy atom. The predicted molar refractivity (Wildman–Crippen MR) is 127 cm³/mol. The summed E-state index contributed by atoms with van der Waals surface area (Å²) in [5, 5.41) is 3.46. The van der Waals surface area contributed by atoms with Crippen LogP contribution >= 0.6 is 0 Å². The molecule has 1 aliphatic carbocycles. The molecule has 5 nitrogen and oxygen atoms in total. The monoisotopic (exact) mass is 457 g/mol. The van der Waals surface area contributed by atoms with Gasteiger partial charge in [0, 0.05) is 30.4 Å². The summed E-state index contributed by atoms with van der Waals surface area (Å²) in [5.41, 5.74) is 10.9. The van der Waals surface area contributed by atoms with Crippen molar-refractivity contribution in [3.63, 3.8) is 0 Å². The van der Waals surface area contributed by atoms with Gasteiger partial charge in [0.1, 0.15) is 6.61 Å². The number of hydrogen-bond donors (Lipinski definition) is 2. The molecule has 0 spiro atoms. The van der Waals surface area contributed by atoms with Gasteiger partial charge < -0.3 is 15.8 Å². The highest BCUT2D eigenvalue weighted by atomic mass is 19.3. The van der Waals surface area contributed by atoms with E-state index in [1.165, 1.54) is 25.0 Å². The van der Waals surface area contributed by atoms with Gasteiger partial charge in [-0.3, -0.25) is 9.69 Å². The third-order valence-electron chi connectivity index (χ3n) is 6.72. The van der Waals surface area contributed by atoms with Crippen LogP contribution in [0.15, 0.2) is 36.4 Å². The summed E-state index contributed by atoms with van der Waals surface area (Å²) in [4.78, 5) is 14.7. The van der Waals surface area contributed by atoms with E-state index in [4.69, 9.17) is 10.5 Å². The molecule has 3 N–H and O–H groups in total. The molecule has 1 unspecified atom stereocenters. The van der Waals surface area contributed by atoms with Crippen LogP contribution in [0.2, 0.25) is 0 Å². The lowest BCUT2D eigenvalue weighted by Gasteiger charge is -2.29. The molecule has 1 fully saturated rings. The molecule has 178 valence electrons. The summed E-state index contributed by atoms with van der Waals surface area (Å²) >= 11 is 0. The van der Waals surface area contributed by atoms with Crippen molar-refractivity contribution in [3.8, 4) is 0 Å². The van der Waals surface area contributed by atoms with Crippen molar-refractivity contribution in [2.45, 2.75) is 57.4 Å². The van der Waals surface area contributed by atoms with Crippen LogP contribution < -0.4 is 11.1 Å². The number of rotatable bonds is 8. The highest BCUT2D eigenvalue weighted by Crippen LogP contribution is 2.37. The number of nitrogens with zero attached hydrogens (tertiary/aromatic N) is 1. The lowest BCUT2D eigenvalue weighted by Crippen LogP contribution is -2.25. The van der Waals surface area contributed by atoms with E-state index in [-0.39, 0.29) is 24.0 Å².